The standard InChI is InChI=1S/C6H10N2/c1-3-5-8(2)6-4-7/h3H,1,5-6H2,2H3. The van der Waals surface area contributed by atoms with Crippen LogP contribution >= 0.6 is 0 Å². The van der Waals surface area contributed by atoms with Crippen LogP contribution in [0.25, 0.3) is 0 Å². The van der Waals surface area contributed by atoms with Gasteiger partial charge in [-0.25, -0.2) is 0 Å². The van der Waals surface area contributed by atoms with Crippen LogP contribution in [0.4, 0.5) is 0 Å². The lowest BCUT2D eigenvalue weighted by Gasteiger charge is -2.06. The van der Waals surface area contributed by atoms with E-state index in [4.69, 9.17) is 5.26 Å². The zero-order valence-corrected chi connectivity index (χ0v) is 5.09. The van der Waals surface area contributed by atoms with Gasteiger partial charge in [-0.05, 0) is 7.05 Å². The molecule has 0 saturated carbocycles. The fourth-order valence-electron chi connectivity index (χ4n) is 0.406. The van der Waals surface area contributed by atoms with Crippen LogP contribution in [0.3, 0.4) is 0 Å². The molecule has 0 bridgehead atoms. The van der Waals surface area contributed by atoms with E-state index >= 15 is 0 Å². The molecule has 0 rings (SSSR count). The number of rotatable bonds is 3. The predicted octanol–water partition coefficient (Wildman–Crippen LogP) is 0.628. The highest BCUT2D eigenvalue weighted by Gasteiger charge is 1.88. The van der Waals surface area contributed by atoms with E-state index in [0.717, 1.165) is 6.54 Å². The number of nitrogens with zero attached hydrogens (tertiary/aromatic N) is 2. The summed E-state index contributed by atoms with van der Waals surface area (Å²) >= 11 is 0. The van der Waals surface area contributed by atoms with E-state index in [-0.39, 0.29) is 0 Å². The van der Waals surface area contributed by atoms with Crippen molar-refractivity contribution in [3.05, 3.63) is 12.7 Å². The molecule has 0 aliphatic carbocycles. The van der Waals surface area contributed by atoms with Crippen molar-refractivity contribution in [2.75, 3.05) is 20.1 Å². The third-order valence-corrected chi connectivity index (χ3v) is 0.781. The summed E-state index contributed by atoms with van der Waals surface area (Å²) in [6.07, 6.45) is 1.78. The molecule has 0 saturated heterocycles. The molecule has 0 aliphatic rings. The zero-order valence-electron chi connectivity index (χ0n) is 5.09. The van der Waals surface area contributed by atoms with Crippen molar-refractivity contribution in [2.24, 2.45) is 0 Å². The van der Waals surface area contributed by atoms with Gasteiger partial charge in [-0.1, -0.05) is 6.08 Å². The summed E-state index contributed by atoms with van der Waals surface area (Å²) in [5, 5.41) is 8.14. The van der Waals surface area contributed by atoms with Crippen LogP contribution in [0.5, 0.6) is 0 Å². The van der Waals surface area contributed by atoms with Crippen molar-refractivity contribution in [2.45, 2.75) is 0 Å². The molecule has 0 aromatic rings. The van der Waals surface area contributed by atoms with Crippen LogP contribution in [0.2, 0.25) is 0 Å². The average molecular weight is 110 g/mol. The van der Waals surface area contributed by atoms with Gasteiger partial charge in [-0.3, -0.25) is 4.90 Å². The van der Waals surface area contributed by atoms with Crippen LogP contribution in [0.1, 0.15) is 0 Å². The summed E-state index contributed by atoms with van der Waals surface area (Å²) in [7, 11) is 1.88. The van der Waals surface area contributed by atoms with Gasteiger partial charge in [0, 0.05) is 6.54 Å². The van der Waals surface area contributed by atoms with E-state index in [0.29, 0.717) is 6.54 Å². The SMILES string of the molecule is C=CCN(C)CC#N. The molecule has 0 unspecified atom stereocenters. The molecule has 44 valence electrons. The topological polar surface area (TPSA) is 27.0 Å². The van der Waals surface area contributed by atoms with Crippen LogP contribution in [0.15, 0.2) is 12.7 Å². The zero-order chi connectivity index (χ0) is 6.41. The lowest BCUT2D eigenvalue weighted by Crippen LogP contribution is -2.17. The first-order valence-corrected chi connectivity index (χ1v) is 2.47. The Hall–Kier alpha value is -0.810. The Bertz CT molecular complexity index is 102. The van der Waals surface area contributed by atoms with Gasteiger partial charge in [0.15, 0.2) is 0 Å². The predicted molar refractivity (Wildman–Crippen MR) is 33.3 cm³/mol. The van der Waals surface area contributed by atoms with Gasteiger partial charge in [0.1, 0.15) is 0 Å². The van der Waals surface area contributed by atoms with Gasteiger partial charge in [0.2, 0.25) is 0 Å². The molecule has 0 aliphatic heterocycles. The molecule has 0 aromatic carbocycles. The van der Waals surface area contributed by atoms with Crippen LogP contribution in [-0.2, 0) is 0 Å². The average Bonchev–Trinajstić information content (AvgIpc) is 1.68. The van der Waals surface area contributed by atoms with Gasteiger partial charge in [0.25, 0.3) is 0 Å². The second kappa shape index (κ2) is 4.35. The minimum absolute atomic E-state index is 0.478. The monoisotopic (exact) mass is 110 g/mol. The van der Waals surface area contributed by atoms with E-state index < -0.39 is 0 Å². The minimum atomic E-state index is 0.478. The van der Waals surface area contributed by atoms with Crippen LogP contribution in [0, 0.1) is 11.3 Å². The maximum absolute atomic E-state index is 8.14. The summed E-state index contributed by atoms with van der Waals surface area (Å²) < 4.78 is 0. The van der Waals surface area contributed by atoms with Crippen molar-refractivity contribution >= 4 is 0 Å². The quantitative estimate of drug-likeness (QED) is 0.393. The van der Waals surface area contributed by atoms with E-state index in [2.05, 4.69) is 6.58 Å². The minimum Gasteiger partial charge on any atom is -0.290 e. The maximum atomic E-state index is 8.14. The molecule has 2 nitrogen and oxygen atoms in total. The second-order valence-corrected chi connectivity index (χ2v) is 1.64. The molecule has 2 heteroatoms. The van der Waals surface area contributed by atoms with E-state index in [9.17, 15) is 0 Å². The summed E-state index contributed by atoms with van der Waals surface area (Å²) in [5.41, 5.74) is 0. The van der Waals surface area contributed by atoms with Crippen molar-refractivity contribution < 1.29 is 0 Å². The second-order valence-electron chi connectivity index (χ2n) is 1.64. The third kappa shape index (κ3) is 3.38. The van der Waals surface area contributed by atoms with Crippen LogP contribution < -0.4 is 0 Å². The highest BCUT2D eigenvalue weighted by molar-refractivity contribution is 4.79. The fourth-order valence-corrected chi connectivity index (χ4v) is 0.406. The van der Waals surface area contributed by atoms with Gasteiger partial charge < -0.3 is 0 Å². The van der Waals surface area contributed by atoms with Crippen molar-refractivity contribution in [1.29, 1.82) is 5.26 Å². The number of nitriles is 1. The van der Waals surface area contributed by atoms with Crippen LogP contribution in [-0.4, -0.2) is 25.0 Å². The normalized spacial score (nSPS) is 8.62. The lowest BCUT2D eigenvalue weighted by molar-refractivity contribution is 0.417. The van der Waals surface area contributed by atoms with Crippen molar-refractivity contribution in [3.8, 4) is 6.07 Å². The number of hydrogen-bond donors (Lipinski definition) is 0. The van der Waals surface area contributed by atoms with Crippen molar-refractivity contribution in [1.82, 2.24) is 4.90 Å². The van der Waals surface area contributed by atoms with E-state index in [1.54, 1.807) is 6.08 Å². The van der Waals surface area contributed by atoms with Crippen molar-refractivity contribution in [3.63, 3.8) is 0 Å². The molecule has 0 N–H and O–H groups in total. The number of likely N-dealkylation sites (N-methyl/N-ethyl adjacent to an activating group) is 1. The van der Waals surface area contributed by atoms with Gasteiger partial charge in [0.05, 0.1) is 12.6 Å². The summed E-state index contributed by atoms with van der Waals surface area (Å²) in [5.74, 6) is 0. The third-order valence-electron chi connectivity index (χ3n) is 0.781. The first-order valence-electron chi connectivity index (χ1n) is 2.47. The van der Waals surface area contributed by atoms with Gasteiger partial charge in [-0.15, -0.1) is 6.58 Å². The molecule has 0 heterocycles. The Kier molecular flexibility index (Phi) is 3.91. The first kappa shape index (κ1) is 7.19. The largest absolute Gasteiger partial charge is 0.290 e. The maximum Gasteiger partial charge on any atom is 0.0866 e. The van der Waals surface area contributed by atoms with Gasteiger partial charge >= 0.3 is 0 Å². The molecule has 0 aromatic heterocycles. The van der Waals surface area contributed by atoms with Gasteiger partial charge in [-0.2, -0.15) is 5.26 Å². The Morgan fingerprint density at radius 1 is 1.88 bits per heavy atom. The van der Waals surface area contributed by atoms with E-state index in [1.807, 2.05) is 18.0 Å². The molecule has 0 fully saturated rings. The molecule has 0 radical (unpaired) electrons. The molecular formula is C6H10N2. The van der Waals surface area contributed by atoms with E-state index in [1.165, 1.54) is 0 Å². The Balaban J connectivity index is 3.20. The Morgan fingerprint density at radius 3 is 2.88 bits per heavy atom. The number of hydrogen-bond acceptors (Lipinski definition) is 2. The molecular weight excluding hydrogens is 100 g/mol. The highest BCUT2D eigenvalue weighted by Crippen LogP contribution is 1.77. The lowest BCUT2D eigenvalue weighted by atomic mass is 10.5. The Labute approximate surface area is 50.0 Å². The first-order chi connectivity index (χ1) is 3.81. The molecule has 0 spiro atoms. The summed E-state index contributed by atoms with van der Waals surface area (Å²) in [4.78, 5) is 1.88. The fraction of sp³-hybridized carbons (Fsp3) is 0.500. The smallest absolute Gasteiger partial charge is 0.0866 e. The molecule has 0 atom stereocenters. The summed E-state index contributed by atoms with van der Waals surface area (Å²) in [6.45, 7) is 4.80. The molecule has 0 amide bonds. The summed E-state index contributed by atoms with van der Waals surface area (Å²) in [6, 6.07) is 2.03. The Morgan fingerprint density at radius 2 is 2.50 bits per heavy atom. The highest BCUT2D eigenvalue weighted by atomic mass is 15.1. The molecule has 8 heavy (non-hydrogen) atoms.